The summed E-state index contributed by atoms with van der Waals surface area (Å²) in [5, 5.41) is 14.9. The van der Waals surface area contributed by atoms with Crippen molar-refractivity contribution in [2.75, 3.05) is 29.5 Å². The highest BCUT2D eigenvalue weighted by Gasteiger charge is 2.16. The van der Waals surface area contributed by atoms with Crippen LogP contribution >= 0.6 is 11.8 Å². The van der Waals surface area contributed by atoms with Crippen LogP contribution in [0.15, 0.2) is 10.9 Å². The predicted molar refractivity (Wildman–Crippen MR) is 61.4 cm³/mol. The lowest BCUT2D eigenvalue weighted by Crippen LogP contribution is -2.34. The van der Waals surface area contributed by atoms with E-state index in [0.717, 1.165) is 24.6 Å². The summed E-state index contributed by atoms with van der Waals surface area (Å²) in [6.07, 6.45) is 0. The monoisotopic (exact) mass is 241 g/mol. The Labute approximate surface area is 95.7 Å². The number of aromatic carboxylic acids is 1. The second kappa shape index (κ2) is 4.56. The molecule has 1 aromatic heterocycles. The molecule has 0 saturated carbocycles. The molecular formula is C9H11N3O3S. The summed E-state index contributed by atoms with van der Waals surface area (Å²) >= 11 is 1.85. The van der Waals surface area contributed by atoms with E-state index in [1.54, 1.807) is 0 Å². The van der Waals surface area contributed by atoms with E-state index in [2.05, 4.69) is 10.2 Å². The van der Waals surface area contributed by atoms with E-state index in [9.17, 15) is 9.59 Å². The van der Waals surface area contributed by atoms with E-state index < -0.39 is 11.5 Å². The molecule has 2 rings (SSSR count). The molecule has 1 aliphatic rings. The predicted octanol–water partition coefficient (Wildman–Crippen LogP) is 0.0213. The van der Waals surface area contributed by atoms with Crippen LogP contribution in [0.2, 0.25) is 0 Å². The second-order valence-corrected chi connectivity index (χ2v) is 4.60. The van der Waals surface area contributed by atoms with E-state index >= 15 is 0 Å². The number of carboxylic acid groups (broad SMARTS) is 1. The normalized spacial score (nSPS) is 16.1. The van der Waals surface area contributed by atoms with Crippen LogP contribution < -0.4 is 10.5 Å². The lowest BCUT2D eigenvalue weighted by atomic mass is 10.3. The minimum atomic E-state index is -1.23. The number of nitrogens with zero attached hydrogens (tertiary/aromatic N) is 2. The smallest absolute Gasteiger partial charge is 0.341 e. The topological polar surface area (TPSA) is 86.3 Å². The van der Waals surface area contributed by atoms with E-state index in [4.69, 9.17) is 5.11 Å². The first-order chi connectivity index (χ1) is 7.68. The van der Waals surface area contributed by atoms with Crippen LogP contribution in [0, 0.1) is 0 Å². The number of hydrogen-bond donors (Lipinski definition) is 2. The zero-order valence-electron chi connectivity index (χ0n) is 8.47. The van der Waals surface area contributed by atoms with Gasteiger partial charge in [-0.1, -0.05) is 0 Å². The number of thioether (sulfide) groups is 1. The number of aromatic nitrogens is 2. The Bertz CT molecular complexity index is 454. The van der Waals surface area contributed by atoms with Crippen molar-refractivity contribution in [2.24, 2.45) is 0 Å². The summed E-state index contributed by atoms with van der Waals surface area (Å²) in [5.74, 6) is 1.28. The molecule has 0 radical (unpaired) electrons. The number of nitrogens with one attached hydrogen (secondary N) is 1. The minimum absolute atomic E-state index is 0.261. The van der Waals surface area contributed by atoms with Gasteiger partial charge >= 0.3 is 5.97 Å². The summed E-state index contributed by atoms with van der Waals surface area (Å²) in [6, 6.07) is 1.33. The molecule has 0 bridgehead atoms. The number of carboxylic acids is 1. The largest absolute Gasteiger partial charge is 0.477 e. The summed E-state index contributed by atoms with van der Waals surface area (Å²) in [6.45, 7) is 1.64. The van der Waals surface area contributed by atoms with Crippen molar-refractivity contribution in [1.29, 1.82) is 0 Å². The van der Waals surface area contributed by atoms with Gasteiger partial charge in [0.05, 0.1) is 0 Å². The minimum Gasteiger partial charge on any atom is -0.477 e. The quantitative estimate of drug-likeness (QED) is 0.759. The van der Waals surface area contributed by atoms with Crippen LogP contribution in [-0.2, 0) is 0 Å². The van der Waals surface area contributed by atoms with Gasteiger partial charge in [-0.05, 0) is 0 Å². The summed E-state index contributed by atoms with van der Waals surface area (Å²) in [7, 11) is 0. The molecule has 1 aliphatic heterocycles. The fraction of sp³-hybridized carbons (Fsp3) is 0.444. The van der Waals surface area contributed by atoms with Crippen LogP contribution in [0.25, 0.3) is 0 Å². The molecule has 0 atom stereocenters. The molecule has 16 heavy (non-hydrogen) atoms. The van der Waals surface area contributed by atoms with Crippen LogP contribution in [0.3, 0.4) is 0 Å². The van der Waals surface area contributed by atoms with Gasteiger partial charge in [-0.2, -0.15) is 16.9 Å². The second-order valence-electron chi connectivity index (χ2n) is 3.37. The van der Waals surface area contributed by atoms with Crippen LogP contribution in [0.1, 0.15) is 10.4 Å². The van der Waals surface area contributed by atoms with Crippen molar-refractivity contribution in [3.8, 4) is 0 Å². The molecule has 0 aromatic carbocycles. The average Bonchev–Trinajstić information content (AvgIpc) is 2.30. The van der Waals surface area contributed by atoms with Crippen molar-refractivity contribution in [3.05, 3.63) is 22.0 Å². The zero-order chi connectivity index (χ0) is 11.5. The molecule has 2 heterocycles. The van der Waals surface area contributed by atoms with Crippen molar-refractivity contribution in [3.63, 3.8) is 0 Å². The van der Waals surface area contributed by atoms with Crippen LogP contribution in [0.4, 0.5) is 5.82 Å². The van der Waals surface area contributed by atoms with E-state index in [1.807, 2.05) is 16.7 Å². The Hall–Kier alpha value is -1.50. The lowest BCUT2D eigenvalue weighted by Gasteiger charge is -2.26. The molecule has 7 heteroatoms. The molecule has 1 fully saturated rings. The van der Waals surface area contributed by atoms with E-state index in [1.165, 1.54) is 6.07 Å². The molecule has 6 nitrogen and oxygen atoms in total. The van der Waals surface area contributed by atoms with Crippen LogP contribution in [0.5, 0.6) is 0 Å². The molecule has 1 aromatic rings. The van der Waals surface area contributed by atoms with E-state index in [-0.39, 0.29) is 5.56 Å². The maximum atomic E-state index is 11.2. The van der Waals surface area contributed by atoms with Crippen molar-refractivity contribution in [1.82, 2.24) is 10.2 Å². The Kier molecular flexibility index (Phi) is 3.14. The SMILES string of the molecule is O=C(O)c1cc(N2CCSCC2)n[nH]c1=O. The molecule has 0 aliphatic carbocycles. The fourth-order valence-electron chi connectivity index (χ4n) is 1.51. The molecule has 0 spiro atoms. The lowest BCUT2D eigenvalue weighted by molar-refractivity contribution is 0.0694. The molecule has 1 saturated heterocycles. The van der Waals surface area contributed by atoms with Gasteiger partial charge in [0.25, 0.3) is 5.56 Å². The highest BCUT2D eigenvalue weighted by molar-refractivity contribution is 7.99. The molecular weight excluding hydrogens is 230 g/mol. The first kappa shape index (κ1) is 11.0. The molecule has 0 amide bonds. The van der Waals surface area contributed by atoms with Gasteiger partial charge in [0.2, 0.25) is 0 Å². The van der Waals surface area contributed by atoms with Crippen molar-refractivity contribution in [2.45, 2.75) is 0 Å². The summed E-state index contributed by atoms with van der Waals surface area (Å²) < 4.78 is 0. The maximum Gasteiger partial charge on any atom is 0.341 e. The van der Waals surface area contributed by atoms with Gasteiger partial charge in [-0.15, -0.1) is 0 Å². The third-order valence-electron chi connectivity index (χ3n) is 2.36. The summed E-state index contributed by atoms with van der Waals surface area (Å²) in [4.78, 5) is 23.9. The Morgan fingerprint density at radius 2 is 2.19 bits per heavy atom. The Morgan fingerprint density at radius 1 is 1.50 bits per heavy atom. The van der Waals surface area contributed by atoms with Crippen LogP contribution in [-0.4, -0.2) is 45.9 Å². The van der Waals surface area contributed by atoms with Crippen molar-refractivity contribution < 1.29 is 9.90 Å². The molecule has 86 valence electrons. The fourth-order valence-corrected chi connectivity index (χ4v) is 2.41. The van der Waals surface area contributed by atoms with Gasteiger partial charge < -0.3 is 10.0 Å². The number of hydrogen-bond acceptors (Lipinski definition) is 5. The standard InChI is InChI=1S/C9H11N3O3S/c13-8-6(9(14)15)5-7(10-11-8)12-1-3-16-4-2-12/h5H,1-4H2,(H,11,13)(H,14,15). The first-order valence-electron chi connectivity index (χ1n) is 4.84. The van der Waals surface area contributed by atoms with E-state index in [0.29, 0.717) is 5.82 Å². The third kappa shape index (κ3) is 2.19. The molecule has 2 N–H and O–H groups in total. The zero-order valence-corrected chi connectivity index (χ0v) is 9.29. The third-order valence-corrected chi connectivity index (χ3v) is 3.30. The average molecular weight is 241 g/mol. The van der Waals surface area contributed by atoms with Gasteiger partial charge in [-0.3, -0.25) is 4.79 Å². The highest BCUT2D eigenvalue weighted by Crippen LogP contribution is 2.16. The van der Waals surface area contributed by atoms with Gasteiger partial charge in [0.15, 0.2) is 0 Å². The highest BCUT2D eigenvalue weighted by atomic mass is 32.2. The number of carbonyl (C=O) groups is 1. The number of anilines is 1. The Balaban J connectivity index is 2.31. The molecule has 0 unspecified atom stereocenters. The number of aromatic amines is 1. The number of H-pyrrole nitrogens is 1. The van der Waals surface area contributed by atoms with Gasteiger partial charge in [0.1, 0.15) is 11.4 Å². The first-order valence-corrected chi connectivity index (χ1v) is 5.99. The maximum absolute atomic E-state index is 11.2. The number of rotatable bonds is 2. The van der Waals surface area contributed by atoms with Gasteiger partial charge in [0, 0.05) is 30.7 Å². The van der Waals surface area contributed by atoms with Gasteiger partial charge in [-0.25, -0.2) is 9.89 Å². The van der Waals surface area contributed by atoms with Crippen molar-refractivity contribution >= 4 is 23.5 Å². The summed E-state index contributed by atoms with van der Waals surface area (Å²) in [5.41, 5.74) is -0.925. The Morgan fingerprint density at radius 3 is 2.81 bits per heavy atom.